The lowest BCUT2D eigenvalue weighted by Crippen LogP contribution is -2.39. The largest absolute Gasteiger partial charge is 0.416 e. The van der Waals surface area contributed by atoms with Crippen molar-refractivity contribution in [2.24, 2.45) is 4.99 Å². The van der Waals surface area contributed by atoms with Gasteiger partial charge in [-0.15, -0.1) is 0 Å². The van der Waals surface area contributed by atoms with Crippen LogP contribution in [0.15, 0.2) is 29.3 Å². The molecule has 1 amide bonds. The van der Waals surface area contributed by atoms with Gasteiger partial charge in [0.15, 0.2) is 5.96 Å². The molecular formula is C19H29F3N4O. The number of hydrogen-bond acceptors (Lipinski definition) is 2. The van der Waals surface area contributed by atoms with Crippen LogP contribution in [-0.4, -0.2) is 50.5 Å². The molecule has 1 rings (SSSR count). The summed E-state index contributed by atoms with van der Waals surface area (Å²) < 4.78 is 38.5. The molecule has 2 N–H and O–H groups in total. The summed E-state index contributed by atoms with van der Waals surface area (Å²) in [6.07, 6.45) is -2.80. The van der Waals surface area contributed by atoms with Crippen LogP contribution in [0.5, 0.6) is 0 Å². The first kappa shape index (κ1) is 22.8. The fourth-order valence-corrected chi connectivity index (χ4v) is 2.30. The van der Waals surface area contributed by atoms with Crippen molar-refractivity contribution in [3.05, 3.63) is 35.4 Å². The van der Waals surface area contributed by atoms with Gasteiger partial charge in [-0.3, -0.25) is 4.79 Å². The normalized spacial score (nSPS) is 13.2. The minimum atomic E-state index is -4.34. The molecule has 1 aromatic rings. The minimum Gasteiger partial charge on any atom is -0.356 e. The molecule has 8 heteroatoms. The van der Waals surface area contributed by atoms with E-state index in [1.807, 2.05) is 13.8 Å². The van der Waals surface area contributed by atoms with E-state index in [9.17, 15) is 18.0 Å². The fraction of sp³-hybridized carbons (Fsp3) is 0.579. The monoisotopic (exact) mass is 386 g/mol. The van der Waals surface area contributed by atoms with E-state index in [0.29, 0.717) is 31.0 Å². The molecule has 0 spiro atoms. The first-order valence-electron chi connectivity index (χ1n) is 9.04. The minimum absolute atomic E-state index is 0.0369. The van der Waals surface area contributed by atoms with Crippen molar-refractivity contribution in [3.63, 3.8) is 0 Å². The summed E-state index contributed by atoms with van der Waals surface area (Å²) in [5.41, 5.74) is 0.0169. The molecule has 27 heavy (non-hydrogen) atoms. The van der Waals surface area contributed by atoms with Gasteiger partial charge in [-0.1, -0.05) is 32.0 Å². The van der Waals surface area contributed by atoms with E-state index < -0.39 is 11.7 Å². The number of aliphatic imine (C=N–C) groups is 1. The van der Waals surface area contributed by atoms with E-state index in [1.54, 1.807) is 20.2 Å². The Morgan fingerprint density at radius 1 is 1.22 bits per heavy atom. The van der Waals surface area contributed by atoms with Gasteiger partial charge in [0.1, 0.15) is 6.54 Å². The number of carbonyl (C=O) groups excluding carboxylic acids is 1. The molecule has 0 saturated heterocycles. The van der Waals surface area contributed by atoms with E-state index in [-0.39, 0.29) is 18.4 Å². The predicted molar refractivity (Wildman–Crippen MR) is 102 cm³/mol. The summed E-state index contributed by atoms with van der Waals surface area (Å²) in [6, 6.07) is 5.42. The second-order valence-electron chi connectivity index (χ2n) is 6.62. The predicted octanol–water partition coefficient (Wildman–Crippen LogP) is 3.23. The molecule has 5 nitrogen and oxygen atoms in total. The van der Waals surface area contributed by atoms with Crippen LogP contribution in [0.2, 0.25) is 0 Å². The zero-order valence-electron chi connectivity index (χ0n) is 16.4. The molecule has 0 heterocycles. The smallest absolute Gasteiger partial charge is 0.356 e. The summed E-state index contributed by atoms with van der Waals surface area (Å²) in [6.45, 7) is 5.19. The molecule has 1 unspecified atom stereocenters. The molecule has 0 aliphatic heterocycles. The van der Waals surface area contributed by atoms with Crippen molar-refractivity contribution in [2.45, 2.75) is 38.8 Å². The van der Waals surface area contributed by atoms with Gasteiger partial charge in [-0.05, 0) is 30.4 Å². The Labute approximate surface area is 159 Å². The quantitative estimate of drug-likeness (QED) is 0.533. The Bertz CT molecular complexity index is 630. The SMILES string of the molecule is CCCNC(=NCC(=O)N(C)C)NCCC(C)c1cccc(C(F)(F)F)c1. The van der Waals surface area contributed by atoms with Crippen LogP contribution in [0.25, 0.3) is 0 Å². The highest BCUT2D eigenvalue weighted by atomic mass is 19.4. The third-order valence-corrected chi connectivity index (χ3v) is 4.07. The van der Waals surface area contributed by atoms with Crippen LogP contribution in [0.3, 0.4) is 0 Å². The van der Waals surface area contributed by atoms with Gasteiger partial charge in [0, 0.05) is 27.2 Å². The van der Waals surface area contributed by atoms with Crippen molar-refractivity contribution in [1.29, 1.82) is 0 Å². The second kappa shape index (κ2) is 10.8. The van der Waals surface area contributed by atoms with Crippen LogP contribution in [-0.2, 0) is 11.0 Å². The van der Waals surface area contributed by atoms with Crippen LogP contribution in [0, 0.1) is 0 Å². The van der Waals surface area contributed by atoms with E-state index in [0.717, 1.165) is 12.5 Å². The first-order valence-corrected chi connectivity index (χ1v) is 9.04. The van der Waals surface area contributed by atoms with Crippen molar-refractivity contribution in [3.8, 4) is 0 Å². The molecule has 1 aromatic carbocycles. The summed E-state index contributed by atoms with van der Waals surface area (Å²) in [7, 11) is 3.34. The highest BCUT2D eigenvalue weighted by molar-refractivity contribution is 5.84. The van der Waals surface area contributed by atoms with Crippen LogP contribution in [0.4, 0.5) is 13.2 Å². The van der Waals surface area contributed by atoms with Crippen molar-refractivity contribution in [1.82, 2.24) is 15.5 Å². The molecule has 0 aliphatic carbocycles. The zero-order chi connectivity index (χ0) is 20.4. The molecule has 0 radical (unpaired) electrons. The standard InChI is InChI=1S/C19H29F3N4O/c1-5-10-23-18(25-13-17(27)26(3)4)24-11-9-14(2)15-7-6-8-16(12-15)19(20,21)22/h6-8,12,14H,5,9-11,13H2,1-4H3,(H2,23,24,25). The van der Waals surface area contributed by atoms with E-state index in [4.69, 9.17) is 0 Å². The molecule has 0 fully saturated rings. The van der Waals surface area contributed by atoms with E-state index >= 15 is 0 Å². The average Bonchev–Trinajstić information content (AvgIpc) is 2.62. The van der Waals surface area contributed by atoms with Crippen molar-refractivity contribution >= 4 is 11.9 Å². The average molecular weight is 386 g/mol. The van der Waals surface area contributed by atoms with Gasteiger partial charge in [0.25, 0.3) is 0 Å². The first-order chi connectivity index (χ1) is 12.6. The van der Waals surface area contributed by atoms with E-state index in [1.165, 1.54) is 17.0 Å². The Balaban J connectivity index is 2.63. The number of alkyl halides is 3. The molecular weight excluding hydrogens is 357 g/mol. The van der Waals surface area contributed by atoms with Crippen molar-refractivity contribution < 1.29 is 18.0 Å². The van der Waals surface area contributed by atoms with Gasteiger partial charge in [-0.2, -0.15) is 13.2 Å². The number of nitrogens with zero attached hydrogens (tertiary/aromatic N) is 2. The summed E-state index contributed by atoms with van der Waals surface area (Å²) in [5, 5.41) is 6.27. The Kier molecular flexibility index (Phi) is 9.11. The lowest BCUT2D eigenvalue weighted by atomic mass is 9.96. The van der Waals surface area contributed by atoms with Gasteiger partial charge >= 0.3 is 6.18 Å². The highest BCUT2D eigenvalue weighted by Gasteiger charge is 2.30. The lowest BCUT2D eigenvalue weighted by molar-refractivity contribution is -0.137. The summed E-state index contributed by atoms with van der Waals surface area (Å²) >= 11 is 0. The fourth-order valence-electron chi connectivity index (χ4n) is 2.30. The van der Waals surface area contributed by atoms with Gasteiger partial charge in [0.2, 0.25) is 5.91 Å². The molecule has 0 bridgehead atoms. The zero-order valence-corrected chi connectivity index (χ0v) is 16.4. The number of likely N-dealkylation sites (N-methyl/N-ethyl adjacent to an activating group) is 1. The number of nitrogens with one attached hydrogen (secondary N) is 2. The molecule has 1 atom stereocenters. The third-order valence-electron chi connectivity index (χ3n) is 4.07. The topological polar surface area (TPSA) is 56.7 Å². The number of amides is 1. The Morgan fingerprint density at radius 3 is 2.48 bits per heavy atom. The van der Waals surface area contributed by atoms with Crippen LogP contribution >= 0.6 is 0 Å². The lowest BCUT2D eigenvalue weighted by Gasteiger charge is -2.17. The molecule has 0 aliphatic rings. The molecule has 152 valence electrons. The van der Waals surface area contributed by atoms with Gasteiger partial charge in [-0.25, -0.2) is 4.99 Å². The van der Waals surface area contributed by atoms with Gasteiger partial charge < -0.3 is 15.5 Å². The second-order valence-corrected chi connectivity index (χ2v) is 6.62. The Hall–Kier alpha value is -2.25. The highest BCUT2D eigenvalue weighted by Crippen LogP contribution is 2.31. The van der Waals surface area contributed by atoms with Crippen LogP contribution < -0.4 is 10.6 Å². The third kappa shape index (κ3) is 8.32. The maximum atomic E-state index is 12.8. The van der Waals surface area contributed by atoms with Gasteiger partial charge in [0.05, 0.1) is 5.56 Å². The van der Waals surface area contributed by atoms with E-state index in [2.05, 4.69) is 15.6 Å². The number of guanidine groups is 1. The van der Waals surface area contributed by atoms with Crippen molar-refractivity contribution in [2.75, 3.05) is 33.7 Å². The maximum Gasteiger partial charge on any atom is 0.416 e. The number of halogens is 3. The summed E-state index contributed by atoms with van der Waals surface area (Å²) in [5.74, 6) is 0.379. The summed E-state index contributed by atoms with van der Waals surface area (Å²) in [4.78, 5) is 17.4. The number of rotatable bonds is 8. The number of hydrogen-bond donors (Lipinski definition) is 2. The molecule has 0 saturated carbocycles. The number of carbonyl (C=O) groups is 1. The van der Waals surface area contributed by atoms with Crippen LogP contribution in [0.1, 0.15) is 43.7 Å². The Morgan fingerprint density at radius 2 is 1.89 bits per heavy atom. The molecule has 0 aromatic heterocycles. The number of benzene rings is 1. The maximum absolute atomic E-state index is 12.8.